The lowest BCUT2D eigenvalue weighted by molar-refractivity contribution is 0.479. The highest BCUT2D eigenvalue weighted by molar-refractivity contribution is 9.10. The van der Waals surface area contributed by atoms with Gasteiger partial charge < -0.3 is 10.5 Å². The molecule has 0 unspecified atom stereocenters. The second kappa shape index (κ2) is 5.74. The van der Waals surface area contributed by atoms with E-state index < -0.39 is 0 Å². The first-order valence-corrected chi connectivity index (χ1v) is 6.72. The van der Waals surface area contributed by atoms with Gasteiger partial charge in [0.15, 0.2) is 0 Å². The van der Waals surface area contributed by atoms with Crippen molar-refractivity contribution in [1.29, 1.82) is 0 Å². The molecule has 0 radical (unpaired) electrons. The average Bonchev–Trinajstić information content (AvgIpc) is 2.34. The molecule has 2 rings (SSSR count). The number of benzene rings is 2. The first-order chi connectivity index (χ1) is 8.56. The highest BCUT2D eigenvalue weighted by Crippen LogP contribution is 2.32. The number of hydrogen-bond acceptors (Lipinski definition) is 2. The summed E-state index contributed by atoms with van der Waals surface area (Å²) in [7, 11) is 0. The van der Waals surface area contributed by atoms with Gasteiger partial charge in [0.05, 0.1) is 4.47 Å². The second-order valence-corrected chi connectivity index (χ2v) is 5.33. The maximum Gasteiger partial charge on any atom is 0.141 e. The van der Waals surface area contributed by atoms with Crippen LogP contribution in [0.2, 0.25) is 5.02 Å². The fourth-order valence-corrected chi connectivity index (χ4v) is 2.12. The molecule has 0 heterocycles. The van der Waals surface area contributed by atoms with Crippen LogP contribution in [0.3, 0.4) is 0 Å². The zero-order valence-electron chi connectivity index (χ0n) is 9.86. The SMILES string of the molecule is C[C@@H](N)c1ccc(Oc2ccc(Cl)cc2)c(Br)c1. The van der Waals surface area contributed by atoms with E-state index in [1.54, 1.807) is 12.1 Å². The van der Waals surface area contributed by atoms with Crippen molar-refractivity contribution in [3.63, 3.8) is 0 Å². The van der Waals surface area contributed by atoms with E-state index in [-0.39, 0.29) is 6.04 Å². The number of ether oxygens (including phenoxy) is 1. The molecule has 0 spiro atoms. The van der Waals surface area contributed by atoms with Gasteiger partial charge in [-0.2, -0.15) is 0 Å². The van der Waals surface area contributed by atoms with Gasteiger partial charge in [-0.25, -0.2) is 0 Å². The van der Waals surface area contributed by atoms with E-state index in [9.17, 15) is 0 Å². The largest absolute Gasteiger partial charge is 0.456 e. The summed E-state index contributed by atoms with van der Waals surface area (Å²) in [6.07, 6.45) is 0. The van der Waals surface area contributed by atoms with E-state index in [2.05, 4.69) is 15.9 Å². The zero-order chi connectivity index (χ0) is 13.1. The van der Waals surface area contributed by atoms with Gasteiger partial charge in [-0.3, -0.25) is 0 Å². The molecule has 2 nitrogen and oxygen atoms in total. The molecule has 2 aromatic rings. The Balaban J connectivity index is 2.22. The molecule has 0 aliphatic rings. The zero-order valence-corrected chi connectivity index (χ0v) is 12.2. The molecule has 94 valence electrons. The van der Waals surface area contributed by atoms with Crippen LogP contribution in [0.15, 0.2) is 46.9 Å². The number of hydrogen-bond donors (Lipinski definition) is 1. The van der Waals surface area contributed by atoms with E-state index in [4.69, 9.17) is 22.1 Å². The Morgan fingerprint density at radius 3 is 2.39 bits per heavy atom. The molecule has 0 saturated heterocycles. The van der Waals surface area contributed by atoms with Crippen LogP contribution in [0.1, 0.15) is 18.5 Å². The van der Waals surface area contributed by atoms with E-state index in [1.807, 2.05) is 37.3 Å². The Bertz CT molecular complexity index is 540. The third kappa shape index (κ3) is 3.25. The normalized spacial score (nSPS) is 12.2. The fourth-order valence-electron chi connectivity index (χ4n) is 1.51. The Morgan fingerprint density at radius 1 is 1.17 bits per heavy atom. The standard InChI is InChI=1S/C14H13BrClNO/c1-9(17)10-2-7-14(13(15)8-10)18-12-5-3-11(16)4-6-12/h2-9H,17H2,1H3/t9-/m1/s1. The lowest BCUT2D eigenvalue weighted by Crippen LogP contribution is -2.04. The summed E-state index contributed by atoms with van der Waals surface area (Å²) in [5.41, 5.74) is 6.89. The lowest BCUT2D eigenvalue weighted by atomic mass is 10.1. The van der Waals surface area contributed by atoms with Gasteiger partial charge in [0.25, 0.3) is 0 Å². The number of nitrogens with two attached hydrogens (primary N) is 1. The maximum absolute atomic E-state index is 5.83. The average molecular weight is 327 g/mol. The Kier molecular flexibility index (Phi) is 4.27. The number of rotatable bonds is 3. The molecule has 2 N–H and O–H groups in total. The highest BCUT2D eigenvalue weighted by atomic mass is 79.9. The van der Waals surface area contributed by atoms with Crippen LogP contribution < -0.4 is 10.5 Å². The van der Waals surface area contributed by atoms with Crippen LogP contribution >= 0.6 is 27.5 Å². The molecule has 0 aliphatic heterocycles. The molecule has 0 saturated carbocycles. The van der Waals surface area contributed by atoms with Crippen molar-refractivity contribution in [2.24, 2.45) is 5.73 Å². The Morgan fingerprint density at radius 2 is 1.83 bits per heavy atom. The van der Waals surface area contributed by atoms with Gasteiger partial charge in [-0.05, 0) is 64.8 Å². The molecule has 4 heteroatoms. The van der Waals surface area contributed by atoms with E-state index in [0.29, 0.717) is 5.02 Å². The van der Waals surface area contributed by atoms with E-state index in [1.165, 1.54) is 0 Å². The summed E-state index contributed by atoms with van der Waals surface area (Å²) in [5, 5.41) is 0.689. The minimum absolute atomic E-state index is 0.00545. The minimum atomic E-state index is 0.00545. The van der Waals surface area contributed by atoms with Crippen LogP contribution in [0.25, 0.3) is 0 Å². The summed E-state index contributed by atoms with van der Waals surface area (Å²) >= 11 is 9.30. The van der Waals surface area contributed by atoms with Crippen molar-refractivity contribution in [3.8, 4) is 11.5 Å². The van der Waals surface area contributed by atoms with Gasteiger partial charge in [-0.1, -0.05) is 17.7 Å². The van der Waals surface area contributed by atoms with Crippen LogP contribution in [0.4, 0.5) is 0 Å². The molecule has 18 heavy (non-hydrogen) atoms. The van der Waals surface area contributed by atoms with Crippen molar-refractivity contribution >= 4 is 27.5 Å². The lowest BCUT2D eigenvalue weighted by Gasteiger charge is -2.11. The fraction of sp³-hybridized carbons (Fsp3) is 0.143. The molecule has 0 fully saturated rings. The maximum atomic E-state index is 5.83. The Hall–Kier alpha value is -1.03. The van der Waals surface area contributed by atoms with E-state index >= 15 is 0 Å². The van der Waals surface area contributed by atoms with Gasteiger partial charge in [0, 0.05) is 11.1 Å². The van der Waals surface area contributed by atoms with Crippen LogP contribution in [-0.2, 0) is 0 Å². The van der Waals surface area contributed by atoms with Crippen molar-refractivity contribution in [2.75, 3.05) is 0 Å². The molecule has 0 aromatic heterocycles. The molecule has 0 amide bonds. The van der Waals surface area contributed by atoms with E-state index in [0.717, 1.165) is 21.5 Å². The van der Waals surface area contributed by atoms with Gasteiger partial charge in [0.2, 0.25) is 0 Å². The van der Waals surface area contributed by atoms with Crippen molar-refractivity contribution in [1.82, 2.24) is 0 Å². The first-order valence-electron chi connectivity index (χ1n) is 5.54. The predicted molar refractivity (Wildman–Crippen MR) is 78.3 cm³/mol. The summed E-state index contributed by atoms with van der Waals surface area (Å²) in [6, 6.07) is 13.1. The van der Waals surface area contributed by atoms with Crippen molar-refractivity contribution in [2.45, 2.75) is 13.0 Å². The second-order valence-electron chi connectivity index (χ2n) is 4.03. The molecule has 0 aliphatic carbocycles. The quantitative estimate of drug-likeness (QED) is 0.869. The van der Waals surface area contributed by atoms with Gasteiger partial charge >= 0.3 is 0 Å². The van der Waals surface area contributed by atoms with Crippen LogP contribution in [-0.4, -0.2) is 0 Å². The molecular formula is C14H13BrClNO. The highest BCUT2D eigenvalue weighted by Gasteiger charge is 2.06. The topological polar surface area (TPSA) is 35.2 Å². The third-order valence-electron chi connectivity index (χ3n) is 2.52. The number of halogens is 2. The Labute approximate surface area is 120 Å². The van der Waals surface area contributed by atoms with Crippen molar-refractivity contribution in [3.05, 3.63) is 57.5 Å². The van der Waals surface area contributed by atoms with Gasteiger partial charge in [-0.15, -0.1) is 0 Å². The van der Waals surface area contributed by atoms with Crippen LogP contribution in [0.5, 0.6) is 11.5 Å². The summed E-state index contributed by atoms with van der Waals surface area (Å²) < 4.78 is 6.63. The molecule has 2 aromatic carbocycles. The predicted octanol–water partition coefficient (Wildman–Crippen LogP) is 4.91. The molecule has 0 bridgehead atoms. The van der Waals surface area contributed by atoms with Crippen molar-refractivity contribution < 1.29 is 4.74 Å². The van der Waals surface area contributed by atoms with Gasteiger partial charge in [0.1, 0.15) is 11.5 Å². The summed E-state index contributed by atoms with van der Waals surface area (Å²) in [4.78, 5) is 0. The summed E-state index contributed by atoms with van der Waals surface area (Å²) in [5.74, 6) is 1.50. The molecular weight excluding hydrogens is 314 g/mol. The smallest absolute Gasteiger partial charge is 0.141 e. The minimum Gasteiger partial charge on any atom is -0.456 e. The summed E-state index contributed by atoms with van der Waals surface area (Å²) in [6.45, 7) is 1.95. The van der Waals surface area contributed by atoms with Crippen LogP contribution in [0, 0.1) is 0 Å². The third-order valence-corrected chi connectivity index (χ3v) is 3.39. The molecule has 1 atom stereocenters. The first kappa shape index (κ1) is 13.4. The monoisotopic (exact) mass is 325 g/mol.